The Kier molecular flexibility index (Phi) is 4.28. The molecule has 0 saturated carbocycles. The molecule has 3 rings (SSSR count). The third-order valence-electron chi connectivity index (χ3n) is 3.76. The van der Waals surface area contributed by atoms with Crippen LogP contribution in [-0.2, 0) is 11.2 Å². The molecule has 2 aromatic rings. The van der Waals surface area contributed by atoms with Crippen molar-refractivity contribution in [2.24, 2.45) is 0 Å². The molecule has 0 aliphatic carbocycles. The van der Waals surface area contributed by atoms with Gasteiger partial charge >= 0.3 is 6.09 Å². The van der Waals surface area contributed by atoms with Crippen LogP contribution < -0.4 is 10.2 Å². The van der Waals surface area contributed by atoms with Crippen LogP contribution in [0.15, 0.2) is 48.5 Å². The van der Waals surface area contributed by atoms with E-state index in [9.17, 15) is 9.59 Å². The number of anilines is 2. The van der Waals surface area contributed by atoms with Gasteiger partial charge in [-0.15, -0.1) is 0 Å². The van der Waals surface area contributed by atoms with Crippen LogP contribution in [0.25, 0.3) is 0 Å². The molecule has 1 aliphatic rings. The van der Waals surface area contributed by atoms with E-state index in [1.165, 1.54) is 0 Å². The van der Waals surface area contributed by atoms with Gasteiger partial charge in [-0.2, -0.15) is 0 Å². The van der Waals surface area contributed by atoms with Crippen molar-refractivity contribution in [2.45, 2.75) is 13.3 Å². The monoisotopic (exact) mass is 310 g/mol. The van der Waals surface area contributed by atoms with Gasteiger partial charge in [0.1, 0.15) is 0 Å². The lowest BCUT2D eigenvalue weighted by molar-refractivity contribution is 0.0989. The lowest BCUT2D eigenvalue weighted by atomic mass is 10.1. The van der Waals surface area contributed by atoms with Crippen LogP contribution in [0, 0.1) is 0 Å². The summed E-state index contributed by atoms with van der Waals surface area (Å²) in [6.45, 7) is 2.73. The van der Waals surface area contributed by atoms with Crippen LogP contribution in [0.2, 0.25) is 0 Å². The number of nitrogens with one attached hydrogen (secondary N) is 1. The maximum absolute atomic E-state index is 12.6. The SMILES string of the molecule is CCOC(=O)Nc1ccc2c(c1)CCN2C(=O)c1ccccc1. The Morgan fingerprint density at radius 3 is 2.70 bits per heavy atom. The van der Waals surface area contributed by atoms with E-state index in [1.54, 1.807) is 17.9 Å². The Morgan fingerprint density at radius 2 is 1.96 bits per heavy atom. The van der Waals surface area contributed by atoms with Gasteiger partial charge < -0.3 is 9.64 Å². The Balaban J connectivity index is 1.79. The molecule has 0 atom stereocenters. The van der Waals surface area contributed by atoms with Crippen molar-refractivity contribution in [3.63, 3.8) is 0 Å². The lowest BCUT2D eigenvalue weighted by Gasteiger charge is -2.17. The first-order valence-corrected chi connectivity index (χ1v) is 7.62. The molecule has 23 heavy (non-hydrogen) atoms. The maximum Gasteiger partial charge on any atom is 0.411 e. The highest BCUT2D eigenvalue weighted by molar-refractivity contribution is 6.07. The highest BCUT2D eigenvalue weighted by Gasteiger charge is 2.25. The summed E-state index contributed by atoms with van der Waals surface area (Å²) >= 11 is 0. The Morgan fingerprint density at radius 1 is 1.17 bits per heavy atom. The summed E-state index contributed by atoms with van der Waals surface area (Å²) in [5.41, 5.74) is 3.29. The first-order chi connectivity index (χ1) is 11.2. The predicted molar refractivity (Wildman–Crippen MR) is 88.9 cm³/mol. The molecule has 0 unspecified atom stereocenters. The zero-order valence-corrected chi connectivity index (χ0v) is 12.9. The van der Waals surface area contributed by atoms with Crippen molar-refractivity contribution in [1.29, 1.82) is 0 Å². The molecule has 1 heterocycles. The average Bonchev–Trinajstić information content (AvgIpc) is 2.98. The first kappa shape index (κ1) is 15.1. The summed E-state index contributed by atoms with van der Waals surface area (Å²) < 4.78 is 4.87. The number of hydrogen-bond acceptors (Lipinski definition) is 3. The van der Waals surface area contributed by atoms with Crippen LogP contribution in [0.1, 0.15) is 22.8 Å². The van der Waals surface area contributed by atoms with Crippen LogP contribution in [0.4, 0.5) is 16.2 Å². The predicted octanol–water partition coefficient (Wildman–Crippen LogP) is 3.46. The molecule has 5 nitrogen and oxygen atoms in total. The largest absolute Gasteiger partial charge is 0.450 e. The third-order valence-corrected chi connectivity index (χ3v) is 3.76. The summed E-state index contributed by atoms with van der Waals surface area (Å²) in [6, 6.07) is 14.8. The van der Waals surface area contributed by atoms with Gasteiger partial charge in [-0.05, 0) is 49.2 Å². The van der Waals surface area contributed by atoms with Crippen molar-refractivity contribution in [3.05, 3.63) is 59.7 Å². The maximum atomic E-state index is 12.6. The van der Waals surface area contributed by atoms with E-state index in [2.05, 4.69) is 5.32 Å². The van der Waals surface area contributed by atoms with E-state index in [-0.39, 0.29) is 5.91 Å². The molecule has 0 aromatic heterocycles. The highest BCUT2D eigenvalue weighted by atomic mass is 16.5. The lowest BCUT2D eigenvalue weighted by Crippen LogP contribution is -2.28. The van der Waals surface area contributed by atoms with E-state index < -0.39 is 6.09 Å². The summed E-state index contributed by atoms with van der Waals surface area (Å²) in [4.78, 5) is 25.8. The number of carbonyl (C=O) groups excluding carboxylic acids is 2. The number of ether oxygens (including phenoxy) is 1. The minimum atomic E-state index is -0.470. The average molecular weight is 310 g/mol. The molecular weight excluding hydrogens is 292 g/mol. The quantitative estimate of drug-likeness (QED) is 0.944. The summed E-state index contributed by atoms with van der Waals surface area (Å²) in [5, 5.41) is 2.68. The summed E-state index contributed by atoms with van der Waals surface area (Å²) in [7, 11) is 0. The molecule has 0 saturated heterocycles. The number of amides is 2. The fourth-order valence-corrected chi connectivity index (χ4v) is 2.71. The molecule has 1 aliphatic heterocycles. The molecule has 0 fully saturated rings. The van der Waals surface area contributed by atoms with Gasteiger partial charge in [0, 0.05) is 23.5 Å². The van der Waals surface area contributed by atoms with Crippen LogP contribution in [0.5, 0.6) is 0 Å². The van der Waals surface area contributed by atoms with E-state index in [4.69, 9.17) is 4.74 Å². The molecule has 118 valence electrons. The highest BCUT2D eigenvalue weighted by Crippen LogP contribution is 2.31. The normalized spacial score (nSPS) is 12.7. The Bertz CT molecular complexity index is 728. The number of fused-ring (bicyclic) bond motifs is 1. The van der Waals surface area contributed by atoms with Gasteiger partial charge in [0.2, 0.25) is 0 Å². The number of hydrogen-bond donors (Lipinski definition) is 1. The smallest absolute Gasteiger partial charge is 0.411 e. The fourth-order valence-electron chi connectivity index (χ4n) is 2.71. The second-order valence-corrected chi connectivity index (χ2v) is 5.26. The summed E-state index contributed by atoms with van der Waals surface area (Å²) in [5.74, 6) is -0.00421. The van der Waals surface area contributed by atoms with E-state index in [0.29, 0.717) is 24.4 Å². The standard InChI is InChI=1S/C18H18N2O3/c1-2-23-18(22)19-15-8-9-16-14(12-15)10-11-20(16)17(21)13-6-4-3-5-7-13/h3-9,12H,2,10-11H2,1H3,(H,19,22). The van der Waals surface area contributed by atoms with Crippen LogP contribution in [0.3, 0.4) is 0 Å². The molecule has 2 amide bonds. The second kappa shape index (κ2) is 6.52. The zero-order chi connectivity index (χ0) is 16.2. The van der Waals surface area contributed by atoms with Crippen molar-refractivity contribution >= 4 is 23.4 Å². The van der Waals surface area contributed by atoms with Crippen molar-refractivity contribution in [3.8, 4) is 0 Å². The minimum absolute atomic E-state index is 0.00421. The first-order valence-electron chi connectivity index (χ1n) is 7.62. The van der Waals surface area contributed by atoms with Gasteiger partial charge in [0.05, 0.1) is 6.61 Å². The van der Waals surface area contributed by atoms with Crippen molar-refractivity contribution in [1.82, 2.24) is 0 Å². The van der Waals surface area contributed by atoms with E-state index >= 15 is 0 Å². The van der Waals surface area contributed by atoms with Crippen molar-refractivity contribution in [2.75, 3.05) is 23.4 Å². The van der Waals surface area contributed by atoms with Gasteiger partial charge in [-0.1, -0.05) is 18.2 Å². The van der Waals surface area contributed by atoms with Gasteiger partial charge in [0.25, 0.3) is 5.91 Å². The van der Waals surface area contributed by atoms with Crippen molar-refractivity contribution < 1.29 is 14.3 Å². The molecular formula is C18H18N2O3. The number of nitrogens with zero attached hydrogens (tertiary/aromatic N) is 1. The fraction of sp³-hybridized carbons (Fsp3) is 0.222. The minimum Gasteiger partial charge on any atom is -0.450 e. The van der Waals surface area contributed by atoms with Gasteiger partial charge in [-0.25, -0.2) is 4.79 Å². The molecule has 5 heteroatoms. The van der Waals surface area contributed by atoms with E-state index in [0.717, 1.165) is 17.7 Å². The topological polar surface area (TPSA) is 58.6 Å². The Labute approximate surface area is 134 Å². The molecule has 0 bridgehead atoms. The number of rotatable bonds is 3. The van der Waals surface area contributed by atoms with Gasteiger partial charge in [0.15, 0.2) is 0 Å². The molecule has 0 radical (unpaired) electrons. The summed E-state index contributed by atoms with van der Waals surface area (Å²) in [6.07, 6.45) is 0.300. The zero-order valence-electron chi connectivity index (χ0n) is 12.9. The van der Waals surface area contributed by atoms with Crippen LogP contribution >= 0.6 is 0 Å². The molecule has 0 spiro atoms. The number of benzene rings is 2. The molecule has 2 aromatic carbocycles. The molecule has 1 N–H and O–H groups in total. The van der Waals surface area contributed by atoms with Gasteiger partial charge in [-0.3, -0.25) is 10.1 Å². The van der Waals surface area contributed by atoms with E-state index in [1.807, 2.05) is 42.5 Å². The second-order valence-electron chi connectivity index (χ2n) is 5.26. The third kappa shape index (κ3) is 3.18. The Hall–Kier alpha value is -2.82. The number of carbonyl (C=O) groups is 2. The van der Waals surface area contributed by atoms with Crippen LogP contribution in [-0.4, -0.2) is 25.2 Å².